The summed E-state index contributed by atoms with van der Waals surface area (Å²) in [5.41, 5.74) is 1.93. The first-order chi connectivity index (χ1) is 11.2. The molecule has 3 aromatic rings. The van der Waals surface area contributed by atoms with E-state index in [1.165, 1.54) is 30.1 Å². The van der Waals surface area contributed by atoms with E-state index in [1.807, 2.05) is 0 Å². The maximum atomic E-state index is 14.3. The average molecular weight is 330 g/mol. The van der Waals surface area contributed by atoms with Crippen LogP contribution in [-0.2, 0) is 19.4 Å². The molecule has 118 valence electrons. The van der Waals surface area contributed by atoms with Crippen LogP contribution in [-0.4, -0.2) is 20.9 Å². The Morgan fingerprint density at radius 2 is 2.22 bits per heavy atom. The topological polar surface area (TPSA) is 70.7 Å². The second-order valence-electron chi connectivity index (χ2n) is 5.59. The lowest BCUT2D eigenvalue weighted by Crippen LogP contribution is -2.23. The number of imidazole rings is 1. The van der Waals surface area contributed by atoms with Gasteiger partial charge >= 0.3 is 0 Å². The molecule has 2 heterocycles. The van der Waals surface area contributed by atoms with Gasteiger partial charge in [-0.05, 0) is 37.8 Å². The maximum Gasteiger partial charge on any atom is 0.254 e. The van der Waals surface area contributed by atoms with Gasteiger partial charge in [-0.1, -0.05) is 0 Å². The van der Waals surface area contributed by atoms with Gasteiger partial charge in [0, 0.05) is 4.88 Å². The van der Waals surface area contributed by atoms with Crippen molar-refractivity contribution in [3.63, 3.8) is 0 Å². The van der Waals surface area contributed by atoms with E-state index >= 15 is 0 Å². The first-order valence-electron chi connectivity index (χ1n) is 7.59. The van der Waals surface area contributed by atoms with Gasteiger partial charge in [0.1, 0.15) is 10.5 Å². The predicted molar refractivity (Wildman–Crippen MR) is 86.0 cm³/mol. The number of rotatable bonds is 3. The fourth-order valence-corrected chi connectivity index (χ4v) is 3.98. The predicted octanol–water partition coefficient (Wildman–Crippen LogP) is 2.97. The Hall–Kier alpha value is -2.28. The summed E-state index contributed by atoms with van der Waals surface area (Å²) >= 11 is 1.64. The van der Waals surface area contributed by atoms with Crippen molar-refractivity contribution >= 4 is 28.3 Å². The molecule has 1 aliphatic rings. The molecule has 0 saturated carbocycles. The van der Waals surface area contributed by atoms with Crippen LogP contribution in [0.4, 0.5) is 4.39 Å². The average Bonchev–Trinajstić information content (AvgIpc) is 3.19. The largest absolute Gasteiger partial charge is 0.345 e. The SMILES string of the molecule is O=C(NCc1nc2c(s1)CCCC2)c1ccc2[nH]cnc2c1F. The van der Waals surface area contributed by atoms with Gasteiger partial charge in [-0.2, -0.15) is 0 Å². The number of benzene rings is 1. The molecule has 0 fully saturated rings. The number of aromatic nitrogens is 3. The third-order valence-electron chi connectivity index (χ3n) is 4.06. The van der Waals surface area contributed by atoms with Crippen LogP contribution in [0.2, 0.25) is 0 Å². The molecule has 0 bridgehead atoms. The summed E-state index contributed by atoms with van der Waals surface area (Å²) in [6, 6.07) is 3.13. The molecule has 1 amide bonds. The van der Waals surface area contributed by atoms with E-state index in [9.17, 15) is 9.18 Å². The number of carbonyl (C=O) groups is 1. The molecular weight excluding hydrogens is 315 g/mol. The zero-order valence-corrected chi connectivity index (χ0v) is 13.2. The Kier molecular flexibility index (Phi) is 3.57. The lowest BCUT2D eigenvalue weighted by molar-refractivity contribution is 0.0947. The monoisotopic (exact) mass is 330 g/mol. The van der Waals surface area contributed by atoms with Gasteiger partial charge in [-0.15, -0.1) is 11.3 Å². The molecule has 0 atom stereocenters. The molecule has 0 unspecified atom stereocenters. The minimum Gasteiger partial charge on any atom is -0.345 e. The van der Waals surface area contributed by atoms with Crippen molar-refractivity contribution in [1.82, 2.24) is 20.3 Å². The lowest BCUT2D eigenvalue weighted by Gasteiger charge is -2.06. The third kappa shape index (κ3) is 2.61. The van der Waals surface area contributed by atoms with Gasteiger partial charge in [0.15, 0.2) is 5.82 Å². The highest BCUT2D eigenvalue weighted by molar-refractivity contribution is 7.11. The normalized spacial score (nSPS) is 14.0. The first kappa shape index (κ1) is 14.3. The number of H-pyrrole nitrogens is 1. The Morgan fingerprint density at radius 3 is 3.09 bits per heavy atom. The van der Waals surface area contributed by atoms with Crippen LogP contribution >= 0.6 is 11.3 Å². The van der Waals surface area contributed by atoms with Crippen molar-refractivity contribution in [3.8, 4) is 0 Å². The summed E-state index contributed by atoms with van der Waals surface area (Å²) in [5, 5.41) is 3.63. The number of nitrogens with zero attached hydrogens (tertiary/aromatic N) is 2. The van der Waals surface area contributed by atoms with Crippen molar-refractivity contribution in [3.05, 3.63) is 45.4 Å². The van der Waals surface area contributed by atoms with Crippen LogP contribution in [0.5, 0.6) is 0 Å². The molecule has 2 N–H and O–H groups in total. The van der Waals surface area contributed by atoms with Gasteiger partial charge in [-0.3, -0.25) is 4.79 Å². The van der Waals surface area contributed by atoms with E-state index in [-0.39, 0.29) is 11.1 Å². The highest BCUT2D eigenvalue weighted by Crippen LogP contribution is 2.26. The van der Waals surface area contributed by atoms with Crippen LogP contribution in [0.3, 0.4) is 0 Å². The number of nitrogens with one attached hydrogen (secondary N) is 2. The number of fused-ring (bicyclic) bond motifs is 2. The number of hydrogen-bond acceptors (Lipinski definition) is 4. The number of carbonyl (C=O) groups excluding carboxylic acids is 1. The van der Waals surface area contributed by atoms with Crippen molar-refractivity contribution < 1.29 is 9.18 Å². The van der Waals surface area contributed by atoms with Gasteiger partial charge in [-0.25, -0.2) is 14.4 Å². The lowest BCUT2D eigenvalue weighted by atomic mass is 10.0. The van der Waals surface area contributed by atoms with Crippen LogP contribution in [0.15, 0.2) is 18.5 Å². The number of amides is 1. The van der Waals surface area contributed by atoms with Gasteiger partial charge in [0.05, 0.1) is 29.6 Å². The zero-order chi connectivity index (χ0) is 15.8. The number of aromatic amines is 1. The van der Waals surface area contributed by atoms with Crippen molar-refractivity contribution in [2.75, 3.05) is 0 Å². The smallest absolute Gasteiger partial charge is 0.254 e. The summed E-state index contributed by atoms with van der Waals surface area (Å²) in [5.74, 6) is -1.04. The molecule has 0 radical (unpaired) electrons. The standard InChI is InChI=1S/C16H15FN4OS/c17-14-9(5-6-11-15(14)20-8-19-11)16(22)18-7-13-21-10-3-1-2-4-12(10)23-13/h5-6,8H,1-4,7H2,(H,18,22)(H,19,20). The number of aryl methyl sites for hydroxylation is 2. The molecule has 1 aliphatic carbocycles. The highest BCUT2D eigenvalue weighted by Gasteiger charge is 2.18. The third-order valence-corrected chi connectivity index (χ3v) is 5.22. The van der Waals surface area contributed by atoms with Gasteiger partial charge in [0.25, 0.3) is 5.91 Å². The molecule has 0 spiro atoms. The van der Waals surface area contributed by atoms with Crippen molar-refractivity contribution in [2.45, 2.75) is 32.2 Å². The van der Waals surface area contributed by atoms with Crippen LogP contribution in [0.25, 0.3) is 11.0 Å². The van der Waals surface area contributed by atoms with E-state index in [2.05, 4.69) is 20.3 Å². The number of thiazole rings is 1. The summed E-state index contributed by atoms with van der Waals surface area (Å²) in [6.45, 7) is 0.328. The Bertz CT molecular complexity index is 862. The molecule has 0 aliphatic heterocycles. The minimum atomic E-state index is -0.598. The van der Waals surface area contributed by atoms with E-state index in [4.69, 9.17) is 0 Å². The molecule has 0 saturated heterocycles. The minimum absolute atomic E-state index is 0.00548. The summed E-state index contributed by atoms with van der Waals surface area (Å²) in [7, 11) is 0. The molecular formula is C16H15FN4OS. The van der Waals surface area contributed by atoms with E-state index < -0.39 is 11.7 Å². The van der Waals surface area contributed by atoms with Gasteiger partial charge in [0.2, 0.25) is 0 Å². The van der Waals surface area contributed by atoms with Crippen molar-refractivity contribution in [1.29, 1.82) is 0 Å². The Labute approximate surface area is 136 Å². The zero-order valence-electron chi connectivity index (χ0n) is 12.4. The molecule has 23 heavy (non-hydrogen) atoms. The molecule has 1 aromatic carbocycles. The second kappa shape index (κ2) is 5.73. The maximum absolute atomic E-state index is 14.3. The number of halogens is 1. The summed E-state index contributed by atoms with van der Waals surface area (Å²) in [6.07, 6.45) is 5.89. The molecule has 4 rings (SSSR count). The second-order valence-corrected chi connectivity index (χ2v) is 6.76. The summed E-state index contributed by atoms with van der Waals surface area (Å²) in [4.78, 5) is 24.9. The number of hydrogen-bond donors (Lipinski definition) is 2. The Morgan fingerprint density at radius 1 is 1.35 bits per heavy atom. The van der Waals surface area contributed by atoms with Crippen molar-refractivity contribution in [2.24, 2.45) is 0 Å². The van der Waals surface area contributed by atoms with Crippen LogP contribution in [0, 0.1) is 5.82 Å². The van der Waals surface area contributed by atoms with Crippen LogP contribution < -0.4 is 5.32 Å². The van der Waals surface area contributed by atoms with Gasteiger partial charge < -0.3 is 10.3 Å². The van der Waals surface area contributed by atoms with E-state index in [0.717, 1.165) is 23.5 Å². The molecule has 2 aromatic heterocycles. The fourth-order valence-electron chi connectivity index (χ4n) is 2.88. The summed E-state index contributed by atoms with van der Waals surface area (Å²) < 4.78 is 14.3. The molecule has 5 nitrogen and oxygen atoms in total. The fraction of sp³-hybridized carbons (Fsp3) is 0.312. The Balaban J connectivity index is 1.50. The van der Waals surface area contributed by atoms with E-state index in [0.29, 0.717) is 12.1 Å². The van der Waals surface area contributed by atoms with Crippen LogP contribution in [0.1, 0.15) is 38.8 Å². The molecule has 7 heteroatoms. The first-order valence-corrected chi connectivity index (χ1v) is 8.41. The van der Waals surface area contributed by atoms with E-state index in [1.54, 1.807) is 17.4 Å². The highest BCUT2D eigenvalue weighted by atomic mass is 32.1. The quantitative estimate of drug-likeness (QED) is 0.775.